The second kappa shape index (κ2) is 14.6. The number of nitrogens with one attached hydrogen (secondary N) is 1. The summed E-state index contributed by atoms with van der Waals surface area (Å²) in [6, 6.07) is 9.88. The van der Waals surface area contributed by atoms with Crippen LogP contribution < -0.4 is 5.32 Å². The molecule has 0 unspecified atom stereocenters. The largest absolute Gasteiger partial charge is 0.384 e. The molecule has 0 heterocycles. The van der Waals surface area contributed by atoms with Crippen molar-refractivity contribution in [1.82, 2.24) is 0 Å². The minimum atomic E-state index is 0.720. The lowest BCUT2D eigenvalue weighted by molar-refractivity contribution is 0.600. The van der Waals surface area contributed by atoms with E-state index in [2.05, 4.69) is 30.1 Å². The average molecular weight is 325 g/mol. The van der Waals surface area contributed by atoms with Gasteiger partial charge in [-0.25, -0.2) is 0 Å². The Labute approximate surface area is 148 Å². The maximum absolute atomic E-state index is 9.03. The van der Waals surface area contributed by atoms with Gasteiger partial charge in [0.25, 0.3) is 0 Å². The predicted octanol–water partition coefficient (Wildman–Crippen LogP) is 6.61. The van der Waals surface area contributed by atoms with Crippen LogP contribution in [0.15, 0.2) is 49.1 Å². The summed E-state index contributed by atoms with van der Waals surface area (Å²) >= 11 is 0. The molecule has 2 heteroatoms. The molecule has 1 rings (SSSR count). The molecule has 0 fully saturated rings. The van der Waals surface area contributed by atoms with E-state index in [1.165, 1.54) is 51.4 Å². The van der Waals surface area contributed by atoms with Crippen molar-refractivity contribution in [2.75, 3.05) is 11.9 Å². The van der Waals surface area contributed by atoms with E-state index in [0.29, 0.717) is 0 Å². The standard InChI is InChI=1S/C22H32N2/c1-2-3-4-5-6-7-8-9-10-11-12-13-16-19-24-22-18-15-14-17-21(22)20-23/h2,11-12,14-15,17-18,24H,1,3-10,13,16,19H2/b12-11+. The van der Waals surface area contributed by atoms with Gasteiger partial charge in [0.1, 0.15) is 6.07 Å². The number of hydrogen-bond acceptors (Lipinski definition) is 2. The van der Waals surface area contributed by atoms with Crippen LogP contribution in [0.4, 0.5) is 5.69 Å². The minimum absolute atomic E-state index is 0.720. The van der Waals surface area contributed by atoms with Crippen molar-refractivity contribution in [3.05, 3.63) is 54.6 Å². The third-order valence-corrected chi connectivity index (χ3v) is 4.11. The van der Waals surface area contributed by atoms with E-state index in [1.54, 1.807) is 0 Å². The minimum Gasteiger partial charge on any atom is -0.384 e. The maximum atomic E-state index is 9.03. The molecule has 0 aromatic heterocycles. The topological polar surface area (TPSA) is 35.8 Å². The van der Waals surface area contributed by atoms with Gasteiger partial charge in [-0.3, -0.25) is 0 Å². The molecule has 0 saturated carbocycles. The summed E-state index contributed by atoms with van der Waals surface area (Å²) in [6.07, 6.45) is 19.3. The van der Waals surface area contributed by atoms with Gasteiger partial charge < -0.3 is 5.32 Å². The molecule has 0 bridgehead atoms. The molecule has 1 aromatic rings. The van der Waals surface area contributed by atoms with Crippen molar-refractivity contribution < 1.29 is 0 Å². The van der Waals surface area contributed by atoms with Crippen molar-refractivity contribution in [3.8, 4) is 6.07 Å². The number of rotatable bonds is 14. The molecular formula is C22H32N2. The number of anilines is 1. The number of nitriles is 1. The highest BCUT2D eigenvalue weighted by atomic mass is 14.9. The van der Waals surface area contributed by atoms with Crippen LogP contribution in [0.5, 0.6) is 0 Å². The molecule has 0 saturated heterocycles. The summed E-state index contributed by atoms with van der Waals surface area (Å²) in [5, 5.41) is 12.4. The fourth-order valence-electron chi connectivity index (χ4n) is 2.67. The van der Waals surface area contributed by atoms with Crippen LogP contribution in [0.2, 0.25) is 0 Å². The monoisotopic (exact) mass is 324 g/mol. The van der Waals surface area contributed by atoms with Gasteiger partial charge in [0, 0.05) is 6.54 Å². The van der Waals surface area contributed by atoms with Crippen LogP contribution in [0.25, 0.3) is 0 Å². The predicted molar refractivity (Wildman–Crippen MR) is 105 cm³/mol. The second-order valence-corrected chi connectivity index (χ2v) is 6.19. The molecule has 0 atom stereocenters. The highest BCUT2D eigenvalue weighted by Gasteiger charge is 1.98. The summed E-state index contributed by atoms with van der Waals surface area (Å²) in [4.78, 5) is 0. The first kappa shape index (κ1) is 20.0. The first-order valence-corrected chi connectivity index (χ1v) is 9.37. The summed E-state index contributed by atoms with van der Waals surface area (Å²) in [6.45, 7) is 4.66. The van der Waals surface area contributed by atoms with Gasteiger partial charge in [-0.15, -0.1) is 6.58 Å². The van der Waals surface area contributed by atoms with Gasteiger partial charge >= 0.3 is 0 Å². The highest BCUT2D eigenvalue weighted by Crippen LogP contribution is 2.13. The molecule has 24 heavy (non-hydrogen) atoms. The Kier molecular flexibility index (Phi) is 12.2. The number of para-hydroxylation sites is 1. The average Bonchev–Trinajstić information content (AvgIpc) is 2.62. The number of benzene rings is 1. The van der Waals surface area contributed by atoms with E-state index in [0.717, 1.165) is 30.6 Å². The van der Waals surface area contributed by atoms with Crippen molar-refractivity contribution in [1.29, 1.82) is 5.26 Å². The zero-order chi connectivity index (χ0) is 17.3. The lowest BCUT2D eigenvalue weighted by atomic mass is 10.1. The highest BCUT2D eigenvalue weighted by molar-refractivity contribution is 5.56. The van der Waals surface area contributed by atoms with Gasteiger partial charge in [0.05, 0.1) is 11.3 Å². The van der Waals surface area contributed by atoms with Crippen molar-refractivity contribution in [2.24, 2.45) is 0 Å². The first-order chi connectivity index (χ1) is 11.9. The third kappa shape index (κ3) is 9.90. The molecule has 0 radical (unpaired) electrons. The number of allylic oxidation sites excluding steroid dienone is 3. The molecule has 1 aromatic carbocycles. The first-order valence-electron chi connectivity index (χ1n) is 9.37. The van der Waals surface area contributed by atoms with Gasteiger partial charge in [0.2, 0.25) is 0 Å². The van der Waals surface area contributed by atoms with Crippen LogP contribution >= 0.6 is 0 Å². The summed E-state index contributed by atoms with van der Waals surface area (Å²) in [5.74, 6) is 0. The second-order valence-electron chi connectivity index (χ2n) is 6.19. The third-order valence-electron chi connectivity index (χ3n) is 4.11. The molecular weight excluding hydrogens is 292 g/mol. The molecule has 1 N–H and O–H groups in total. The van der Waals surface area contributed by atoms with E-state index in [4.69, 9.17) is 5.26 Å². The van der Waals surface area contributed by atoms with E-state index < -0.39 is 0 Å². The summed E-state index contributed by atoms with van der Waals surface area (Å²) < 4.78 is 0. The summed E-state index contributed by atoms with van der Waals surface area (Å²) in [5.41, 5.74) is 1.66. The van der Waals surface area contributed by atoms with E-state index in [-0.39, 0.29) is 0 Å². The smallest absolute Gasteiger partial charge is 0.101 e. The molecule has 0 spiro atoms. The van der Waals surface area contributed by atoms with Crippen LogP contribution in [-0.4, -0.2) is 6.54 Å². The Morgan fingerprint density at radius 3 is 2.21 bits per heavy atom. The normalized spacial score (nSPS) is 10.6. The van der Waals surface area contributed by atoms with Gasteiger partial charge in [0.15, 0.2) is 0 Å². The van der Waals surface area contributed by atoms with E-state index >= 15 is 0 Å². The SMILES string of the molecule is C=CCCCCCCCC/C=C/CCCNc1ccccc1C#N. The van der Waals surface area contributed by atoms with Gasteiger partial charge in [-0.1, -0.05) is 56.0 Å². The van der Waals surface area contributed by atoms with E-state index in [1.807, 2.05) is 30.3 Å². The van der Waals surface area contributed by atoms with Crippen LogP contribution in [0.3, 0.4) is 0 Å². The lowest BCUT2D eigenvalue weighted by Crippen LogP contribution is -2.02. The molecule has 0 aliphatic carbocycles. The van der Waals surface area contributed by atoms with Crippen LogP contribution in [0.1, 0.15) is 69.8 Å². The maximum Gasteiger partial charge on any atom is 0.101 e. The Morgan fingerprint density at radius 1 is 0.875 bits per heavy atom. The molecule has 0 amide bonds. The Bertz CT molecular complexity index is 511. The van der Waals surface area contributed by atoms with Gasteiger partial charge in [-0.2, -0.15) is 5.26 Å². The van der Waals surface area contributed by atoms with Gasteiger partial charge in [-0.05, 0) is 50.7 Å². The lowest BCUT2D eigenvalue weighted by Gasteiger charge is -2.06. The van der Waals surface area contributed by atoms with Crippen molar-refractivity contribution in [2.45, 2.75) is 64.2 Å². The fourth-order valence-corrected chi connectivity index (χ4v) is 2.67. The molecule has 2 nitrogen and oxygen atoms in total. The quantitative estimate of drug-likeness (QED) is 0.308. The van der Waals surface area contributed by atoms with Crippen molar-refractivity contribution >= 4 is 5.69 Å². The zero-order valence-electron chi connectivity index (χ0n) is 15.0. The number of nitrogens with zero attached hydrogens (tertiary/aromatic N) is 1. The molecule has 0 aliphatic heterocycles. The Hall–Kier alpha value is -2.01. The van der Waals surface area contributed by atoms with Crippen LogP contribution in [0, 0.1) is 11.3 Å². The molecule has 0 aliphatic rings. The number of hydrogen-bond donors (Lipinski definition) is 1. The number of unbranched alkanes of at least 4 members (excludes halogenated alkanes) is 8. The Balaban J connectivity index is 1.93. The molecule has 130 valence electrons. The van der Waals surface area contributed by atoms with Crippen molar-refractivity contribution in [3.63, 3.8) is 0 Å². The fraction of sp³-hybridized carbons (Fsp3) is 0.500. The summed E-state index contributed by atoms with van der Waals surface area (Å²) in [7, 11) is 0. The van der Waals surface area contributed by atoms with Crippen LogP contribution in [-0.2, 0) is 0 Å². The Morgan fingerprint density at radius 2 is 1.50 bits per heavy atom. The zero-order valence-corrected chi connectivity index (χ0v) is 15.0. The van der Waals surface area contributed by atoms with E-state index in [9.17, 15) is 0 Å².